The minimum absolute atomic E-state index is 0. The van der Waals surface area contributed by atoms with E-state index in [1.807, 2.05) is 13.8 Å². The minimum Gasteiger partial charge on any atom is -0.329 e. The highest BCUT2D eigenvalue weighted by atomic mass is 35.5. The van der Waals surface area contributed by atoms with Gasteiger partial charge < -0.3 is 11.1 Å². The van der Waals surface area contributed by atoms with E-state index in [0.29, 0.717) is 5.69 Å². The molecule has 0 aliphatic carbocycles. The third kappa shape index (κ3) is 5.28. The Balaban J connectivity index is 0.00000338. The van der Waals surface area contributed by atoms with Crippen molar-refractivity contribution in [2.24, 2.45) is 12.8 Å². The Morgan fingerprint density at radius 2 is 2.00 bits per heavy atom. The lowest BCUT2D eigenvalue weighted by Gasteiger charge is -2.08. The van der Waals surface area contributed by atoms with Crippen LogP contribution in [0.5, 0.6) is 0 Å². The Morgan fingerprint density at radius 3 is 2.58 bits per heavy atom. The van der Waals surface area contributed by atoms with Crippen LogP contribution in [-0.2, 0) is 17.1 Å². The lowest BCUT2D eigenvalue weighted by molar-refractivity contribution is 0.102. The first kappa shape index (κ1) is 22.1. The van der Waals surface area contributed by atoms with Crippen LogP contribution in [0.3, 0.4) is 0 Å². The average Bonchev–Trinajstić information content (AvgIpc) is 2.95. The highest BCUT2D eigenvalue weighted by Gasteiger charge is 2.17. The van der Waals surface area contributed by atoms with Gasteiger partial charge in [0, 0.05) is 31.5 Å². The first-order valence-corrected chi connectivity index (χ1v) is 9.38. The molecule has 0 bridgehead atoms. The highest BCUT2D eigenvalue weighted by Crippen LogP contribution is 2.18. The van der Waals surface area contributed by atoms with E-state index in [0.717, 1.165) is 5.69 Å². The normalized spacial score (nSPS) is 11.3. The number of carbonyl (C=O) groups is 1. The number of aromatic nitrogens is 2. The number of benzene rings is 1. The second-order valence-corrected chi connectivity index (χ2v) is 7.67. The number of sulfonamides is 1. The number of rotatable bonds is 7. The van der Waals surface area contributed by atoms with Gasteiger partial charge in [0.25, 0.3) is 5.91 Å². The molecule has 10 heteroatoms. The number of aryl methyl sites for hydroxylation is 1. The molecule has 0 aliphatic rings. The number of nitrogens with one attached hydrogen (secondary N) is 2. The monoisotopic (exact) mass is 401 g/mol. The van der Waals surface area contributed by atoms with Crippen LogP contribution < -0.4 is 15.8 Å². The summed E-state index contributed by atoms with van der Waals surface area (Å²) in [4.78, 5) is 12.4. The third-order valence-corrected chi connectivity index (χ3v) is 5.04. The largest absolute Gasteiger partial charge is 0.329 e. The molecule has 8 nitrogen and oxygen atoms in total. The van der Waals surface area contributed by atoms with Crippen LogP contribution in [0.15, 0.2) is 35.2 Å². The molecule has 1 aromatic carbocycles. The lowest BCUT2D eigenvalue weighted by Crippen LogP contribution is -2.29. The van der Waals surface area contributed by atoms with Gasteiger partial charge in [0.15, 0.2) is 5.69 Å². The van der Waals surface area contributed by atoms with Gasteiger partial charge in [-0.05, 0) is 30.2 Å². The van der Waals surface area contributed by atoms with Crippen molar-refractivity contribution in [2.45, 2.75) is 24.7 Å². The van der Waals surface area contributed by atoms with Gasteiger partial charge in [0.05, 0.1) is 4.90 Å². The zero-order valence-corrected chi connectivity index (χ0v) is 16.5. The molecule has 0 saturated heterocycles. The van der Waals surface area contributed by atoms with Crippen LogP contribution in [-0.4, -0.2) is 37.2 Å². The fraction of sp³-hybridized carbons (Fsp3) is 0.375. The van der Waals surface area contributed by atoms with Gasteiger partial charge in [-0.3, -0.25) is 9.48 Å². The van der Waals surface area contributed by atoms with Crippen molar-refractivity contribution in [3.63, 3.8) is 0 Å². The molecule has 0 unspecified atom stereocenters. The van der Waals surface area contributed by atoms with Crippen molar-refractivity contribution in [3.8, 4) is 0 Å². The molecule has 2 aromatic rings. The molecule has 0 spiro atoms. The zero-order chi connectivity index (χ0) is 18.6. The maximum atomic E-state index is 12.4. The molecule has 0 fully saturated rings. The van der Waals surface area contributed by atoms with Crippen LogP contribution in [0.25, 0.3) is 0 Å². The van der Waals surface area contributed by atoms with E-state index in [1.54, 1.807) is 29.9 Å². The summed E-state index contributed by atoms with van der Waals surface area (Å²) in [5, 5.41) is 6.87. The molecular weight excluding hydrogens is 378 g/mol. The van der Waals surface area contributed by atoms with E-state index in [-0.39, 0.29) is 42.0 Å². The van der Waals surface area contributed by atoms with Crippen LogP contribution in [0, 0.1) is 0 Å². The van der Waals surface area contributed by atoms with E-state index in [1.165, 1.54) is 12.1 Å². The smallest absolute Gasteiger partial charge is 0.276 e. The molecule has 0 atom stereocenters. The fourth-order valence-corrected chi connectivity index (χ4v) is 3.44. The molecule has 1 aromatic heterocycles. The average molecular weight is 402 g/mol. The SMILES string of the molecule is CC(C)c1cc(C(=O)Nc2cccc(S(=O)(=O)NCCN)c2)nn1C.Cl. The predicted octanol–water partition coefficient (Wildman–Crippen LogP) is 1.45. The molecule has 0 saturated carbocycles. The number of hydrogen-bond donors (Lipinski definition) is 3. The van der Waals surface area contributed by atoms with Gasteiger partial charge >= 0.3 is 0 Å². The number of carbonyl (C=O) groups excluding carboxylic acids is 1. The van der Waals surface area contributed by atoms with E-state index >= 15 is 0 Å². The van der Waals surface area contributed by atoms with E-state index in [4.69, 9.17) is 5.73 Å². The van der Waals surface area contributed by atoms with Crippen molar-refractivity contribution in [2.75, 3.05) is 18.4 Å². The maximum absolute atomic E-state index is 12.4. The van der Waals surface area contributed by atoms with Crippen molar-refractivity contribution in [1.82, 2.24) is 14.5 Å². The van der Waals surface area contributed by atoms with E-state index in [9.17, 15) is 13.2 Å². The Bertz CT molecular complexity index is 865. The van der Waals surface area contributed by atoms with Crippen LogP contribution in [0.2, 0.25) is 0 Å². The number of nitrogens with zero attached hydrogens (tertiary/aromatic N) is 2. The second kappa shape index (κ2) is 9.13. The zero-order valence-electron chi connectivity index (χ0n) is 14.9. The van der Waals surface area contributed by atoms with Crippen LogP contribution in [0.4, 0.5) is 5.69 Å². The molecule has 0 aliphatic heterocycles. The Kier molecular flexibility index (Phi) is 7.76. The van der Waals surface area contributed by atoms with E-state index < -0.39 is 15.9 Å². The molecule has 0 radical (unpaired) electrons. The van der Waals surface area contributed by atoms with Crippen molar-refractivity contribution in [3.05, 3.63) is 41.7 Å². The molecular formula is C16H24ClN5O3S. The van der Waals surface area contributed by atoms with Gasteiger partial charge in [0.1, 0.15) is 0 Å². The van der Waals surface area contributed by atoms with Gasteiger partial charge in [-0.1, -0.05) is 19.9 Å². The van der Waals surface area contributed by atoms with Crippen LogP contribution >= 0.6 is 12.4 Å². The van der Waals surface area contributed by atoms with Crippen molar-refractivity contribution >= 4 is 34.0 Å². The summed E-state index contributed by atoms with van der Waals surface area (Å²) < 4.78 is 28.3. The Labute approximate surface area is 159 Å². The Morgan fingerprint density at radius 1 is 1.31 bits per heavy atom. The molecule has 1 heterocycles. The standard InChI is InChI=1S/C16H23N5O3S.ClH/c1-11(2)15-10-14(20-21(15)3)16(22)19-12-5-4-6-13(9-12)25(23,24)18-8-7-17;/h4-6,9-11,18H,7-8,17H2,1-3H3,(H,19,22);1H. The van der Waals surface area contributed by atoms with Gasteiger partial charge in [-0.15, -0.1) is 12.4 Å². The first-order chi connectivity index (χ1) is 11.7. The minimum atomic E-state index is -3.66. The van der Waals surface area contributed by atoms with Gasteiger partial charge in [-0.25, -0.2) is 13.1 Å². The Hall–Kier alpha value is -1.94. The molecule has 144 valence electrons. The molecule has 26 heavy (non-hydrogen) atoms. The number of anilines is 1. The summed E-state index contributed by atoms with van der Waals surface area (Å²) in [6, 6.07) is 7.75. The summed E-state index contributed by atoms with van der Waals surface area (Å²) in [7, 11) is -1.88. The number of nitrogens with two attached hydrogens (primary N) is 1. The quantitative estimate of drug-likeness (QED) is 0.648. The molecule has 2 rings (SSSR count). The summed E-state index contributed by atoms with van der Waals surface area (Å²) in [5.74, 6) is -0.159. The van der Waals surface area contributed by atoms with E-state index in [2.05, 4.69) is 15.1 Å². The van der Waals surface area contributed by atoms with Gasteiger partial charge in [0.2, 0.25) is 10.0 Å². The number of amides is 1. The molecule has 1 amide bonds. The van der Waals surface area contributed by atoms with Crippen molar-refractivity contribution < 1.29 is 13.2 Å². The predicted molar refractivity (Wildman–Crippen MR) is 103 cm³/mol. The summed E-state index contributed by atoms with van der Waals surface area (Å²) in [5.41, 5.74) is 6.90. The highest BCUT2D eigenvalue weighted by molar-refractivity contribution is 7.89. The number of hydrogen-bond acceptors (Lipinski definition) is 5. The van der Waals surface area contributed by atoms with Crippen molar-refractivity contribution in [1.29, 1.82) is 0 Å². The third-order valence-electron chi connectivity index (χ3n) is 3.58. The maximum Gasteiger partial charge on any atom is 0.276 e. The summed E-state index contributed by atoms with van der Waals surface area (Å²) >= 11 is 0. The number of halogens is 1. The first-order valence-electron chi connectivity index (χ1n) is 7.89. The topological polar surface area (TPSA) is 119 Å². The second-order valence-electron chi connectivity index (χ2n) is 5.90. The lowest BCUT2D eigenvalue weighted by atomic mass is 10.1. The molecule has 4 N–H and O–H groups in total. The van der Waals surface area contributed by atoms with Crippen LogP contribution in [0.1, 0.15) is 35.9 Å². The summed E-state index contributed by atoms with van der Waals surface area (Å²) in [6.45, 7) is 4.38. The summed E-state index contributed by atoms with van der Waals surface area (Å²) in [6.07, 6.45) is 0. The van der Waals surface area contributed by atoms with Gasteiger partial charge in [-0.2, -0.15) is 5.10 Å². The fourth-order valence-electron chi connectivity index (χ4n) is 2.35.